The third-order valence-electron chi connectivity index (χ3n) is 4.62. The van der Waals surface area contributed by atoms with Crippen LogP contribution in [0.5, 0.6) is 0 Å². The first-order valence-electron chi connectivity index (χ1n) is 8.80. The van der Waals surface area contributed by atoms with Crippen LogP contribution in [-0.2, 0) is 25.7 Å². The summed E-state index contributed by atoms with van der Waals surface area (Å²) in [4.78, 5) is 12.0. The number of benzene rings is 2. The minimum atomic E-state index is -0.530. The average Bonchev–Trinajstić information content (AvgIpc) is 3.04. The van der Waals surface area contributed by atoms with Crippen molar-refractivity contribution in [1.29, 1.82) is 0 Å². The Balaban J connectivity index is 1.75. The Bertz CT molecular complexity index is 930. The monoisotopic (exact) mass is 385 g/mol. The fraction of sp³-hybridized carbons (Fsp3) is 0.238. The minimum absolute atomic E-state index is 0.353. The van der Waals surface area contributed by atoms with Gasteiger partial charge in [-0.1, -0.05) is 47.5 Å². The second kappa shape index (κ2) is 8.35. The zero-order valence-electron chi connectivity index (χ0n) is 15.1. The lowest BCUT2D eigenvalue weighted by molar-refractivity contribution is 0.0998. The van der Waals surface area contributed by atoms with Crippen molar-refractivity contribution in [2.24, 2.45) is 5.73 Å². The Kier molecular flexibility index (Phi) is 5.91. The Morgan fingerprint density at radius 1 is 1.11 bits per heavy atom. The van der Waals surface area contributed by atoms with Crippen molar-refractivity contribution in [1.82, 2.24) is 10.2 Å². The van der Waals surface area contributed by atoms with E-state index >= 15 is 0 Å². The number of hydrogen-bond donors (Lipinski definition) is 2. The molecule has 0 unspecified atom stereocenters. The molecule has 3 rings (SSSR count). The summed E-state index contributed by atoms with van der Waals surface area (Å²) in [5.41, 5.74) is 10.0. The van der Waals surface area contributed by atoms with Crippen LogP contribution in [0.2, 0.25) is 5.02 Å². The van der Waals surface area contributed by atoms with Gasteiger partial charge in [-0.05, 0) is 50.3 Å². The number of nitrogens with zero attached hydrogens (tertiary/aromatic N) is 1. The molecule has 0 radical (unpaired) electrons. The third-order valence-corrected chi connectivity index (χ3v) is 4.97. The zero-order chi connectivity index (χ0) is 19.4. The molecule has 2 aromatic carbocycles. The van der Waals surface area contributed by atoms with Crippen molar-refractivity contribution in [2.75, 3.05) is 0 Å². The molecule has 0 saturated heterocycles. The van der Waals surface area contributed by atoms with E-state index in [9.17, 15) is 9.18 Å². The quantitative estimate of drug-likeness (QED) is 0.640. The standard InChI is InChI=1S/C21H21ClFN3O/c1-13-5-7-14(8-6-13)9-11-18-20(21(24)27)19(26-25-18)12-10-15-16(22)3-2-4-17(15)23/h2-8H,9-12H2,1H3,(H2,24,27)(H,25,26). The Morgan fingerprint density at radius 3 is 2.52 bits per heavy atom. The van der Waals surface area contributed by atoms with Gasteiger partial charge < -0.3 is 5.73 Å². The predicted octanol–water partition coefficient (Wildman–Crippen LogP) is 4.18. The number of hydrogen-bond acceptors (Lipinski definition) is 2. The number of halogens is 2. The fourth-order valence-electron chi connectivity index (χ4n) is 3.11. The topological polar surface area (TPSA) is 71.8 Å². The Morgan fingerprint density at radius 2 is 1.85 bits per heavy atom. The molecular formula is C21H21ClFN3O. The number of rotatable bonds is 7. The molecule has 0 atom stereocenters. The fourth-order valence-corrected chi connectivity index (χ4v) is 3.37. The average molecular weight is 386 g/mol. The van der Waals surface area contributed by atoms with Gasteiger partial charge in [0.2, 0.25) is 0 Å². The van der Waals surface area contributed by atoms with Crippen LogP contribution >= 0.6 is 11.6 Å². The second-order valence-corrected chi connectivity index (χ2v) is 6.98. The highest BCUT2D eigenvalue weighted by molar-refractivity contribution is 6.31. The van der Waals surface area contributed by atoms with Gasteiger partial charge in [0.15, 0.2) is 0 Å². The van der Waals surface area contributed by atoms with Crippen LogP contribution in [0.3, 0.4) is 0 Å². The molecular weight excluding hydrogens is 365 g/mol. The van der Waals surface area contributed by atoms with E-state index in [1.54, 1.807) is 12.1 Å². The molecule has 0 fully saturated rings. The molecule has 1 amide bonds. The van der Waals surface area contributed by atoms with E-state index in [1.165, 1.54) is 17.2 Å². The van der Waals surface area contributed by atoms with Crippen LogP contribution in [0.25, 0.3) is 0 Å². The third kappa shape index (κ3) is 4.55. The summed E-state index contributed by atoms with van der Waals surface area (Å²) in [6.45, 7) is 2.04. The van der Waals surface area contributed by atoms with Crippen LogP contribution < -0.4 is 5.73 Å². The first-order chi connectivity index (χ1) is 13.0. The minimum Gasteiger partial charge on any atom is -0.365 e. The molecule has 1 heterocycles. The van der Waals surface area contributed by atoms with Crippen LogP contribution in [0.4, 0.5) is 4.39 Å². The van der Waals surface area contributed by atoms with Gasteiger partial charge in [0.05, 0.1) is 11.3 Å². The highest BCUT2D eigenvalue weighted by Gasteiger charge is 2.19. The highest BCUT2D eigenvalue weighted by atomic mass is 35.5. The maximum Gasteiger partial charge on any atom is 0.252 e. The number of primary amides is 1. The normalized spacial score (nSPS) is 10.9. The van der Waals surface area contributed by atoms with Gasteiger partial charge in [-0.2, -0.15) is 5.10 Å². The number of nitrogens with one attached hydrogen (secondary N) is 1. The summed E-state index contributed by atoms with van der Waals surface area (Å²) in [5, 5.41) is 7.54. The molecule has 4 nitrogen and oxygen atoms in total. The summed E-state index contributed by atoms with van der Waals surface area (Å²) in [6, 6.07) is 12.8. The molecule has 6 heteroatoms. The number of H-pyrrole nitrogens is 1. The van der Waals surface area contributed by atoms with E-state index in [-0.39, 0.29) is 5.82 Å². The first kappa shape index (κ1) is 19.1. The van der Waals surface area contributed by atoms with Gasteiger partial charge in [-0.25, -0.2) is 4.39 Å². The lowest BCUT2D eigenvalue weighted by Crippen LogP contribution is -2.15. The van der Waals surface area contributed by atoms with Gasteiger partial charge in [0.25, 0.3) is 5.91 Å². The largest absolute Gasteiger partial charge is 0.365 e. The summed E-state index contributed by atoms with van der Waals surface area (Å²) < 4.78 is 14.0. The smallest absolute Gasteiger partial charge is 0.252 e. The molecule has 0 spiro atoms. The first-order valence-corrected chi connectivity index (χ1v) is 9.18. The summed E-state index contributed by atoms with van der Waals surface area (Å²) >= 11 is 6.07. The van der Waals surface area contributed by atoms with E-state index in [0.29, 0.717) is 46.8 Å². The lowest BCUT2D eigenvalue weighted by Gasteiger charge is -2.06. The molecule has 0 aliphatic rings. The van der Waals surface area contributed by atoms with Crippen LogP contribution in [0.15, 0.2) is 42.5 Å². The second-order valence-electron chi connectivity index (χ2n) is 6.57. The number of nitrogens with two attached hydrogens (primary N) is 1. The summed E-state index contributed by atoms with van der Waals surface area (Å²) in [7, 11) is 0. The zero-order valence-corrected chi connectivity index (χ0v) is 15.8. The van der Waals surface area contributed by atoms with Gasteiger partial charge in [-0.15, -0.1) is 0 Å². The highest BCUT2D eigenvalue weighted by Crippen LogP contribution is 2.22. The molecule has 27 heavy (non-hydrogen) atoms. The number of aryl methyl sites for hydroxylation is 4. The number of amides is 1. The molecule has 140 valence electrons. The van der Waals surface area contributed by atoms with Crippen molar-refractivity contribution in [3.8, 4) is 0 Å². The van der Waals surface area contributed by atoms with Crippen molar-refractivity contribution in [2.45, 2.75) is 32.6 Å². The van der Waals surface area contributed by atoms with Crippen molar-refractivity contribution >= 4 is 17.5 Å². The summed E-state index contributed by atoms with van der Waals surface area (Å²) in [5.74, 6) is -0.889. The van der Waals surface area contributed by atoms with Gasteiger partial charge in [0.1, 0.15) is 5.82 Å². The van der Waals surface area contributed by atoms with Gasteiger partial charge in [-0.3, -0.25) is 9.89 Å². The molecule has 0 aliphatic heterocycles. The number of carbonyl (C=O) groups is 1. The molecule has 1 aromatic heterocycles. The maximum atomic E-state index is 14.0. The van der Waals surface area contributed by atoms with Crippen LogP contribution in [0.1, 0.15) is 38.4 Å². The van der Waals surface area contributed by atoms with Crippen molar-refractivity contribution in [3.63, 3.8) is 0 Å². The van der Waals surface area contributed by atoms with E-state index in [2.05, 4.69) is 34.5 Å². The number of carbonyl (C=O) groups excluding carboxylic acids is 1. The van der Waals surface area contributed by atoms with E-state index in [1.807, 2.05) is 6.92 Å². The van der Waals surface area contributed by atoms with E-state index in [0.717, 1.165) is 6.42 Å². The molecule has 0 bridgehead atoms. The number of aromatic nitrogens is 2. The lowest BCUT2D eigenvalue weighted by atomic mass is 10.0. The Labute approximate surface area is 162 Å². The van der Waals surface area contributed by atoms with E-state index < -0.39 is 5.91 Å². The SMILES string of the molecule is Cc1ccc(CCc2n[nH]c(CCc3c(F)cccc3Cl)c2C(N)=O)cc1. The summed E-state index contributed by atoms with van der Waals surface area (Å²) in [6.07, 6.45) is 2.10. The van der Waals surface area contributed by atoms with Gasteiger partial charge in [0, 0.05) is 16.3 Å². The molecule has 0 saturated carbocycles. The number of aromatic amines is 1. The van der Waals surface area contributed by atoms with Crippen LogP contribution in [-0.4, -0.2) is 16.1 Å². The Hall–Kier alpha value is -2.66. The maximum absolute atomic E-state index is 14.0. The van der Waals surface area contributed by atoms with Crippen molar-refractivity contribution in [3.05, 3.63) is 86.9 Å². The molecule has 3 N–H and O–H groups in total. The van der Waals surface area contributed by atoms with E-state index in [4.69, 9.17) is 17.3 Å². The van der Waals surface area contributed by atoms with Gasteiger partial charge >= 0.3 is 0 Å². The van der Waals surface area contributed by atoms with Crippen molar-refractivity contribution < 1.29 is 9.18 Å². The molecule has 0 aliphatic carbocycles. The molecule has 3 aromatic rings. The predicted molar refractivity (Wildman–Crippen MR) is 105 cm³/mol. The van der Waals surface area contributed by atoms with Crippen LogP contribution in [0, 0.1) is 12.7 Å².